The number of esters is 2. The van der Waals surface area contributed by atoms with E-state index in [0.29, 0.717) is 23.9 Å². The second-order valence-corrected chi connectivity index (χ2v) is 17.7. The highest BCUT2D eigenvalue weighted by atomic mass is 16.7. The second kappa shape index (κ2) is 43.9. The lowest BCUT2D eigenvalue weighted by atomic mass is 10.1. The maximum atomic E-state index is 12.8. The van der Waals surface area contributed by atoms with Crippen LogP contribution in [0.3, 0.4) is 0 Å². The van der Waals surface area contributed by atoms with Gasteiger partial charge in [0.2, 0.25) is 0 Å². The summed E-state index contributed by atoms with van der Waals surface area (Å²) < 4.78 is 22.8. The molecule has 0 aromatic carbocycles. The summed E-state index contributed by atoms with van der Waals surface area (Å²) >= 11 is 0. The van der Waals surface area contributed by atoms with Gasteiger partial charge in [-0.05, 0) is 70.6 Å². The van der Waals surface area contributed by atoms with Gasteiger partial charge < -0.3 is 28.5 Å². The van der Waals surface area contributed by atoms with E-state index in [-0.39, 0.29) is 32.2 Å². The zero-order chi connectivity index (χ0) is 44.9. The van der Waals surface area contributed by atoms with Crippen LogP contribution in [0.4, 0.5) is 0 Å². The van der Waals surface area contributed by atoms with Gasteiger partial charge in [0.05, 0.1) is 34.4 Å². The summed E-state index contributed by atoms with van der Waals surface area (Å²) in [6, 6.07) is 0. The number of carboxylic acid groups (broad SMARTS) is 1. The molecular formula is C52H94NO8+. The van der Waals surface area contributed by atoms with E-state index in [4.69, 9.17) is 18.9 Å². The van der Waals surface area contributed by atoms with Gasteiger partial charge in [-0.25, -0.2) is 4.79 Å². The number of unbranched alkanes of at least 4 members (excludes halogenated alkanes) is 22. The molecule has 1 N–H and O–H groups in total. The van der Waals surface area contributed by atoms with Crippen LogP contribution < -0.4 is 0 Å². The molecule has 0 aliphatic heterocycles. The molecule has 0 heterocycles. The fourth-order valence-corrected chi connectivity index (χ4v) is 6.73. The Morgan fingerprint density at radius 1 is 0.508 bits per heavy atom. The quantitative estimate of drug-likeness (QED) is 0.0212. The Balaban J connectivity index is 4.37. The molecule has 9 heteroatoms. The van der Waals surface area contributed by atoms with Crippen molar-refractivity contribution in [2.24, 2.45) is 0 Å². The monoisotopic (exact) mass is 861 g/mol. The van der Waals surface area contributed by atoms with Gasteiger partial charge in [-0.1, -0.05) is 172 Å². The van der Waals surface area contributed by atoms with Gasteiger partial charge in [-0.2, -0.15) is 0 Å². The van der Waals surface area contributed by atoms with Gasteiger partial charge in [0.25, 0.3) is 6.29 Å². The smallest absolute Gasteiger partial charge is 0.361 e. The Morgan fingerprint density at radius 3 is 1.41 bits per heavy atom. The molecule has 0 fully saturated rings. The van der Waals surface area contributed by atoms with Crippen molar-refractivity contribution in [2.45, 2.75) is 219 Å². The minimum atomic E-state index is -1.51. The summed E-state index contributed by atoms with van der Waals surface area (Å²) in [5.74, 6) is -2.02. The zero-order valence-electron chi connectivity index (χ0n) is 40.1. The van der Waals surface area contributed by atoms with Crippen molar-refractivity contribution in [3.63, 3.8) is 0 Å². The Morgan fingerprint density at radius 2 is 0.934 bits per heavy atom. The third-order valence-electron chi connectivity index (χ3n) is 10.6. The zero-order valence-corrected chi connectivity index (χ0v) is 40.1. The average molecular weight is 861 g/mol. The molecule has 0 rings (SSSR count). The Labute approximate surface area is 374 Å². The number of carboxylic acids is 1. The van der Waals surface area contributed by atoms with Crippen molar-refractivity contribution >= 4 is 17.9 Å². The standard InChI is InChI=1S/C52H93NO8/c1-6-8-10-12-14-16-18-20-22-24-25-27-28-30-32-34-36-38-40-42-49(54)59-46-48(47-60-52(51(56)57)58-45-44-53(3,4)5)61-50(55)43-41-39-37-35-33-31-29-26-23-21-19-17-15-13-11-9-7-2/h9,11,15,17,20-23,48,52H,6-8,10,12-14,16,18-19,24-47H2,1-5H3/p+1/b11-9-,17-15-,22-20-,23-21-. The molecule has 0 spiro atoms. The highest BCUT2D eigenvalue weighted by molar-refractivity contribution is 5.71. The molecule has 0 radical (unpaired) electrons. The molecule has 0 aliphatic carbocycles. The SMILES string of the molecule is CC/C=C\C/C=C\C/C=C\CCCCCCCCCC(=O)OC(COC(=O)CCCCCCCCCCC/C=C\CCCCCCCC)COC(OCC[N+](C)(C)C)C(=O)O. The molecule has 354 valence electrons. The number of carbonyl (C=O) groups excluding carboxylic acids is 2. The van der Waals surface area contributed by atoms with E-state index >= 15 is 0 Å². The topological polar surface area (TPSA) is 108 Å². The average Bonchev–Trinajstić information content (AvgIpc) is 3.22. The van der Waals surface area contributed by atoms with Gasteiger partial charge >= 0.3 is 17.9 Å². The number of ether oxygens (including phenoxy) is 4. The van der Waals surface area contributed by atoms with Crippen LogP contribution in [0.15, 0.2) is 48.6 Å². The predicted molar refractivity (Wildman–Crippen MR) is 253 cm³/mol. The molecule has 9 nitrogen and oxygen atoms in total. The van der Waals surface area contributed by atoms with E-state index in [1.807, 2.05) is 21.1 Å². The van der Waals surface area contributed by atoms with E-state index in [1.54, 1.807) is 0 Å². The van der Waals surface area contributed by atoms with Crippen molar-refractivity contribution in [1.29, 1.82) is 0 Å². The Kier molecular flexibility index (Phi) is 41.9. The lowest BCUT2D eigenvalue weighted by Gasteiger charge is -2.25. The van der Waals surface area contributed by atoms with Crippen molar-refractivity contribution in [3.8, 4) is 0 Å². The van der Waals surface area contributed by atoms with E-state index in [1.165, 1.54) is 109 Å². The van der Waals surface area contributed by atoms with Crippen LogP contribution in [-0.2, 0) is 33.3 Å². The van der Waals surface area contributed by atoms with Crippen LogP contribution in [0.25, 0.3) is 0 Å². The highest BCUT2D eigenvalue weighted by Gasteiger charge is 2.25. The maximum absolute atomic E-state index is 12.8. The first-order valence-electron chi connectivity index (χ1n) is 24.8. The molecule has 0 bridgehead atoms. The van der Waals surface area contributed by atoms with Crippen LogP contribution >= 0.6 is 0 Å². The molecule has 0 amide bonds. The highest BCUT2D eigenvalue weighted by Crippen LogP contribution is 2.15. The Hall–Kier alpha value is -2.75. The lowest BCUT2D eigenvalue weighted by molar-refractivity contribution is -0.870. The van der Waals surface area contributed by atoms with Crippen LogP contribution in [0.1, 0.15) is 206 Å². The number of likely N-dealkylation sites (N-methyl/N-ethyl adjacent to an activating group) is 1. The summed E-state index contributed by atoms with van der Waals surface area (Å²) in [5.41, 5.74) is 0. The molecule has 0 saturated heterocycles. The predicted octanol–water partition coefficient (Wildman–Crippen LogP) is 13.6. The first kappa shape index (κ1) is 58.2. The summed E-state index contributed by atoms with van der Waals surface area (Å²) in [4.78, 5) is 37.2. The number of rotatable bonds is 45. The van der Waals surface area contributed by atoms with Gasteiger partial charge in [0, 0.05) is 12.8 Å². The minimum Gasteiger partial charge on any atom is -0.477 e. The van der Waals surface area contributed by atoms with Crippen molar-refractivity contribution in [3.05, 3.63) is 48.6 Å². The fraction of sp³-hybridized carbons (Fsp3) is 0.788. The first-order valence-corrected chi connectivity index (χ1v) is 24.8. The first-order chi connectivity index (χ1) is 29.6. The van der Waals surface area contributed by atoms with E-state index in [9.17, 15) is 19.5 Å². The van der Waals surface area contributed by atoms with Crippen molar-refractivity contribution in [1.82, 2.24) is 0 Å². The number of allylic oxidation sites excluding steroid dienone is 8. The van der Waals surface area contributed by atoms with E-state index < -0.39 is 24.3 Å². The molecule has 61 heavy (non-hydrogen) atoms. The van der Waals surface area contributed by atoms with Gasteiger partial charge in [-0.3, -0.25) is 9.59 Å². The van der Waals surface area contributed by atoms with Crippen molar-refractivity contribution < 1.29 is 42.9 Å². The molecule has 2 atom stereocenters. The van der Waals surface area contributed by atoms with E-state index in [0.717, 1.165) is 64.2 Å². The summed E-state index contributed by atoms with van der Waals surface area (Å²) in [6.07, 6.45) is 48.8. The number of aliphatic carboxylic acids is 1. The second-order valence-electron chi connectivity index (χ2n) is 17.7. The van der Waals surface area contributed by atoms with Gasteiger partial charge in [0.15, 0.2) is 6.10 Å². The van der Waals surface area contributed by atoms with Crippen LogP contribution in [0.5, 0.6) is 0 Å². The normalized spacial score (nSPS) is 13.3. The van der Waals surface area contributed by atoms with Gasteiger partial charge in [-0.15, -0.1) is 0 Å². The lowest BCUT2D eigenvalue weighted by Crippen LogP contribution is -2.40. The van der Waals surface area contributed by atoms with Crippen molar-refractivity contribution in [2.75, 3.05) is 47.5 Å². The third kappa shape index (κ3) is 45.1. The van der Waals surface area contributed by atoms with Gasteiger partial charge in [0.1, 0.15) is 13.2 Å². The fourth-order valence-electron chi connectivity index (χ4n) is 6.73. The van der Waals surface area contributed by atoms with Crippen LogP contribution in [-0.4, -0.2) is 87.4 Å². The number of hydrogen-bond acceptors (Lipinski definition) is 7. The molecular weight excluding hydrogens is 767 g/mol. The molecule has 0 aromatic rings. The maximum Gasteiger partial charge on any atom is 0.361 e. The largest absolute Gasteiger partial charge is 0.477 e. The minimum absolute atomic E-state index is 0.184. The molecule has 0 aromatic heterocycles. The summed E-state index contributed by atoms with van der Waals surface area (Å²) in [5, 5.41) is 9.66. The van der Waals surface area contributed by atoms with E-state index in [2.05, 4.69) is 62.5 Å². The summed E-state index contributed by atoms with van der Waals surface area (Å²) in [6.45, 7) is 4.75. The van der Waals surface area contributed by atoms with Crippen LogP contribution in [0, 0.1) is 0 Å². The number of hydrogen-bond donors (Lipinski definition) is 1. The Bertz CT molecular complexity index is 1140. The number of nitrogens with zero attached hydrogens (tertiary/aromatic N) is 1. The summed E-state index contributed by atoms with van der Waals surface area (Å²) in [7, 11) is 5.95. The molecule has 0 saturated carbocycles. The van der Waals surface area contributed by atoms with Crippen LogP contribution in [0.2, 0.25) is 0 Å². The molecule has 2 unspecified atom stereocenters. The third-order valence-corrected chi connectivity index (χ3v) is 10.6. The number of quaternary nitrogens is 1. The molecule has 0 aliphatic rings. The number of carbonyl (C=O) groups is 3.